The Hall–Kier alpha value is -3.76. The summed E-state index contributed by atoms with van der Waals surface area (Å²) in [6.07, 6.45) is 1.11. The number of anilines is 3. The van der Waals surface area contributed by atoms with Gasteiger partial charge in [0.1, 0.15) is 11.6 Å². The number of nitrogen functional groups attached to an aromatic ring is 1. The molecule has 5 N–H and O–H groups in total. The maximum absolute atomic E-state index is 6.39. The molecule has 2 atom stereocenters. The maximum atomic E-state index is 6.39. The molecule has 202 valence electrons. The first-order valence-corrected chi connectivity index (χ1v) is 13.5. The van der Waals surface area contributed by atoms with E-state index in [9.17, 15) is 0 Å². The molecule has 0 aliphatic carbocycles. The fourth-order valence-electron chi connectivity index (χ4n) is 5.02. The Labute approximate surface area is 228 Å². The molecule has 9 nitrogen and oxygen atoms in total. The number of benzene rings is 3. The predicted octanol–water partition coefficient (Wildman–Crippen LogP) is 4.04. The highest BCUT2D eigenvalue weighted by Gasteiger charge is 2.16. The second kappa shape index (κ2) is 12.0. The van der Waals surface area contributed by atoms with Crippen molar-refractivity contribution in [1.82, 2.24) is 20.6 Å². The van der Waals surface area contributed by atoms with Gasteiger partial charge in [-0.25, -0.2) is 4.98 Å². The van der Waals surface area contributed by atoms with Crippen molar-refractivity contribution in [2.75, 3.05) is 57.1 Å². The smallest absolute Gasteiger partial charge is 0.229 e. The summed E-state index contributed by atoms with van der Waals surface area (Å²) in [5, 5.41) is 10.8. The number of rotatable bonds is 8. The van der Waals surface area contributed by atoms with Crippen LogP contribution in [0.5, 0.6) is 5.75 Å². The van der Waals surface area contributed by atoms with Gasteiger partial charge in [0.25, 0.3) is 0 Å². The Bertz CT molecular complexity index is 1400. The zero-order chi connectivity index (χ0) is 26.4. The molecule has 1 aromatic heterocycles. The van der Waals surface area contributed by atoms with Crippen LogP contribution in [0.1, 0.15) is 18.1 Å². The van der Waals surface area contributed by atoms with Crippen molar-refractivity contribution in [2.45, 2.75) is 18.6 Å². The van der Waals surface area contributed by atoms with E-state index in [1.807, 2.05) is 48.5 Å². The average molecular weight is 527 g/mol. The van der Waals surface area contributed by atoms with Crippen LogP contribution < -0.4 is 26.4 Å². The van der Waals surface area contributed by atoms with Crippen LogP contribution in [0.25, 0.3) is 22.0 Å². The number of fused-ring (bicyclic) bond motifs is 1. The number of hydrogen-bond acceptors (Lipinski definition) is 9. The van der Waals surface area contributed by atoms with Crippen molar-refractivity contribution in [3.63, 3.8) is 0 Å². The van der Waals surface area contributed by atoms with Gasteiger partial charge in [-0.1, -0.05) is 36.4 Å². The summed E-state index contributed by atoms with van der Waals surface area (Å²) in [5.41, 5.74) is 11.2. The highest BCUT2D eigenvalue weighted by Crippen LogP contribution is 2.33. The SMILES string of the molecule is Nc1nc(Nc2ccc(C3CNCCO3)cc2)nc2c(-c3cccc(OCCC4CNCCO4)c3)cccc12. The summed E-state index contributed by atoms with van der Waals surface area (Å²) in [5.74, 6) is 1.69. The minimum absolute atomic E-state index is 0.0697. The van der Waals surface area contributed by atoms with Gasteiger partial charge in [0, 0.05) is 49.2 Å². The van der Waals surface area contributed by atoms with E-state index in [0.717, 1.165) is 84.8 Å². The van der Waals surface area contributed by atoms with Crippen molar-refractivity contribution in [3.8, 4) is 16.9 Å². The first-order valence-electron chi connectivity index (χ1n) is 13.5. The second-order valence-corrected chi connectivity index (χ2v) is 9.81. The van der Waals surface area contributed by atoms with Gasteiger partial charge in [0.2, 0.25) is 5.95 Å². The normalized spacial score (nSPS) is 19.6. The lowest BCUT2D eigenvalue weighted by molar-refractivity contribution is 0.0159. The monoisotopic (exact) mass is 526 g/mol. The highest BCUT2D eigenvalue weighted by atomic mass is 16.5. The van der Waals surface area contributed by atoms with Crippen LogP contribution in [0, 0.1) is 0 Å². The van der Waals surface area contributed by atoms with Crippen molar-refractivity contribution >= 4 is 28.4 Å². The standard InChI is InChI=1S/C30H34N6O3/c31-29-26-6-2-5-25(21-3-1-4-23(17-21)37-14-11-24-18-32-12-15-38-24)28(26)35-30(36-29)34-22-9-7-20(8-10-22)27-19-33-13-16-39-27/h1-10,17,24,27,32-33H,11-16,18-19H2,(H3,31,34,35,36). The van der Waals surface area contributed by atoms with Gasteiger partial charge in [-0.2, -0.15) is 4.98 Å². The highest BCUT2D eigenvalue weighted by molar-refractivity contribution is 5.99. The van der Waals surface area contributed by atoms with Crippen LogP contribution >= 0.6 is 0 Å². The van der Waals surface area contributed by atoms with Crippen molar-refractivity contribution in [1.29, 1.82) is 0 Å². The third-order valence-electron chi connectivity index (χ3n) is 7.08. The van der Waals surface area contributed by atoms with E-state index in [4.69, 9.17) is 24.9 Å². The number of hydrogen-bond donors (Lipinski definition) is 4. The number of nitrogens with zero attached hydrogens (tertiary/aromatic N) is 2. The summed E-state index contributed by atoms with van der Waals surface area (Å²) >= 11 is 0. The summed E-state index contributed by atoms with van der Waals surface area (Å²) in [6.45, 7) is 5.56. The maximum Gasteiger partial charge on any atom is 0.229 e. The molecule has 2 aliphatic rings. The molecule has 0 saturated carbocycles. The zero-order valence-electron chi connectivity index (χ0n) is 21.9. The molecule has 0 spiro atoms. The van der Waals surface area contributed by atoms with Crippen LogP contribution in [0.15, 0.2) is 66.7 Å². The number of aromatic nitrogens is 2. The molecule has 0 amide bonds. The molecule has 2 fully saturated rings. The summed E-state index contributed by atoms with van der Waals surface area (Å²) < 4.78 is 17.7. The zero-order valence-corrected chi connectivity index (χ0v) is 21.9. The molecule has 39 heavy (non-hydrogen) atoms. The second-order valence-electron chi connectivity index (χ2n) is 9.81. The lowest BCUT2D eigenvalue weighted by Gasteiger charge is -2.24. The Balaban J connectivity index is 1.20. The number of nitrogens with one attached hydrogen (secondary N) is 3. The quantitative estimate of drug-likeness (QED) is 0.270. The van der Waals surface area contributed by atoms with Crippen LogP contribution in [0.3, 0.4) is 0 Å². The fraction of sp³-hybridized carbons (Fsp3) is 0.333. The first-order chi connectivity index (χ1) is 19.2. The Morgan fingerprint density at radius 3 is 2.54 bits per heavy atom. The van der Waals surface area contributed by atoms with Gasteiger partial charge in [-0.15, -0.1) is 0 Å². The minimum Gasteiger partial charge on any atom is -0.493 e. The molecule has 9 heteroatoms. The van der Waals surface area contributed by atoms with Crippen LogP contribution in [-0.2, 0) is 9.47 Å². The lowest BCUT2D eigenvalue weighted by atomic mass is 10.0. The molecule has 3 aromatic carbocycles. The van der Waals surface area contributed by atoms with E-state index in [1.54, 1.807) is 0 Å². The summed E-state index contributed by atoms with van der Waals surface area (Å²) in [7, 11) is 0. The van der Waals surface area contributed by atoms with Gasteiger partial charge in [0.15, 0.2) is 0 Å². The van der Waals surface area contributed by atoms with E-state index in [1.165, 1.54) is 0 Å². The Morgan fingerprint density at radius 2 is 1.74 bits per heavy atom. The van der Waals surface area contributed by atoms with E-state index in [-0.39, 0.29) is 12.2 Å². The Kier molecular flexibility index (Phi) is 7.83. The molecular weight excluding hydrogens is 492 g/mol. The summed E-state index contributed by atoms with van der Waals surface area (Å²) in [4.78, 5) is 9.40. The average Bonchev–Trinajstić information content (AvgIpc) is 2.99. The summed E-state index contributed by atoms with van der Waals surface area (Å²) in [6, 6.07) is 22.2. The van der Waals surface area contributed by atoms with Gasteiger partial charge >= 0.3 is 0 Å². The van der Waals surface area contributed by atoms with Gasteiger partial charge in [-0.05, 0) is 41.5 Å². The van der Waals surface area contributed by atoms with E-state index < -0.39 is 0 Å². The third kappa shape index (κ3) is 6.12. The number of morpholine rings is 2. The van der Waals surface area contributed by atoms with Crippen molar-refractivity contribution in [3.05, 3.63) is 72.3 Å². The molecule has 6 rings (SSSR count). The molecule has 4 aromatic rings. The number of ether oxygens (including phenoxy) is 3. The molecule has 2 aliphatic heterocycles. The fourth-order valence-corrected chi connectivity index (χ4v) is 5.02. The van der Waals surface area contributed by atoms with Gasteiger partial charge in [0.05, 0.1) is 37.5 Å². The largest absolute Gasteiger partial charge is 0.493 e. The van der Waals surface area contributed by atoms with Crippen molar-refractivity contribution in [2.24, 2.45) is 0 Å². The molecule has 0 bridgehead atoms. The molecule has 2 saturated heterocycles. The molecule has 0 radical (unpaired) electrons. The molecule has 3 heterocycles. The van der Waals surface area contributed by atoms with E-state index in [0.29, 0.717) is 18.4 Å². The van der Waals surface area contributed by atoms with Crippen LogP contribution in [-0.4, -0.2) is 62.1 Å². The molecule has 2 unspecified atom stereocenters. The van der Waals surface area contributed by atoms with Crippen LogP contribution in [0.2, 0.25) is 0 Å². The number of nitrogens with two attached hydrogens (primary N) is 1. The van der Waals surface area contributed by atoms with Crippen LogP contribution in [0.4, 0.5) is 17.5 Å². The molecular formula is C30H34N6O3. The van der Waals surface area contributed by atoms with Gasteiger partial charge < -0.3 is 35.9 Å². The lowest BCUT2D eigenvalue weighted by Crippen LogP contribution is -2.39. The topological polar surface area (TPSA) is 116 Å². The van der Waals surface area contributed by atoms with E-state index >= 15 is 0 Å². The first kappa shape index (κ1) is 25.5. The Morgan fingerprint density at radius 1 is 0.923 bits per heavy atom. The third-order valence-corrected chi connectivity index (χ3v) is 7.08. The van der Waals surface area contributed by atoms with Gasteiger partial charge in [-0.3, -0.25) is 0 Å². The van der Waals surface area contributed by atoms with Crippen molar-refractivity contribution < 1.29 is 14.2 Å². The van der Waals surface area contributed by atoms with E-state index in [2.05, 4.69) is 39.1 Å². The number of para-hydroxylation sites is 1. The predicted molar refractivity (Wildman–Crippen MR) is 153 cm³/mol. The minimum atomic E-state index is 0.0697.